The molecule has 1 aromatic heterocycles. The molecular formula is C11H18N4OS. The molecule has 5 nitrogen and oxygen atoms in total. The Morgan fingerprint density at radius 1 is 1.59 bits per heavy atom. The normalized spacial score (nSPS) is 20.2. The van der Waals surface area contributed by atoms with Crippen molar-refractivity contribution in [3.63, 3.8) is 0 Å². The van der Waals surface area contributed by atoms with Crippen LogP contribution in [0.1, 0.15) is 31.2 Å². The van der Waals surface area contributed by atoms with E-state index in [1.807, 2.05) is 6.92 Å². The van der Waals surface area contributed by atoms with Crippen molar-refractivity contribution in [1.29, 1.82) is 0 Å². The van der Waals surface area contributed by atoms with Crippen molar-refractivity contribution in [2.75, 3.05) is 18.4 Å². The first-order valence-corrected chi connectivity index (χ1v) is 6.92. The smallest absolute Gasteiger partial charge is 0.226 e. The predicted octanol–water partition coefficient (Wildman–Crippen LogP) is 1.43. The van der Waals surface area contributed by atoms with E-state index in [1.165, 1.54) is 11.3 Å². The molecule has 2 N–H and O–H groups in total. The number of piperidine rings is 1. The van der Waals surface area contributed by atoms with E-state index >= 15 is 0 Å². The van der Waals surface area contributed by atoms with E-state index in [9.17, 15) is 4.79 Å². The Kier molecular flexibility index (Phi) is 4.44. The molecule has 1 saturated heterocycles. The minimum absolute atomic E-state index is 0.0532. The summed E-state index contributed by atoms with van der Waals surface area (Å²) < 4.78 is 0. The number of nitrogens with zero attached hydrogens (tertiary/aromatic N) is 2. The lowest BCUT2D eigenvalue weighted by Gasteiger charge is -2.21. The van der Waals surface area contributed by atoms with Gasteiger partial charge in [0.05, 0.1) is 0 Å². The van der Waals surface area contributed by atoms with E-state index < -0.39 is 0 Å². The van der Waals surface area contributed by atoms with Crippen molar-refractivity contribution in [3.8, 4) is 0 Å². The average Bonchev–Trinajstić information content (AvgIpc) is 2.78. The Bertz CT molecular complexity index is 373. The van der Waals surface area contributed by atoms with Crippen LogP contribution in [0.3, 0.4) is 0 Å². The van der Waals surface area contributed by atoms with Gasteiger partial charge in [0.1, 0.15) is 5.01 Å². The van der Waals surface area contributed by atoms with Crippen LogP contribution in [-0.2, 0) is 11.2 Å². The van der Waals surface area contributed by atoms with E-state index in [4.69, 9.17) is 0 Å². The number of carbonyl (C=O) groups is 1. The average molecular weight is 254 g/mol. The molecule has 0 spiro atoms. The lowest BCUT2D eigenvalue weighted by Crippen LogP contribution is -2.32. The van der Waals surface area contributed by atoms with Gasteiger partial charge >= 0.3 is 0 Å². The summed E-state index contributed by atoms with van der Waals surface area (Å²) in [6, 6.07) is 0. The minimum Gasteiger partial charge on any atom is -0.316 e. The summed E-state index contributed by atoms with van der Waals surface area (Å²) in [5.41, 5.74) is 0. The molecule has 1 amide bonds. The number of hydrogen-bond acceptors (Lipinski definition) is 5. The largest absolute Gasteiger partial charge is 0.316 e. The molecule has 6 heteroatoms. The summed E-state index contributed by atoms with van der Waals surface area (Å²) in [7, 11) is 0. The van der Waals surface area contributed by atoms with Crippen LogP contribution < -0.4 is 10.6 Å². The zero-order chi connectivity index (χ0) is 12.1. The molecular weight excluding hydrogens is 236 g/mol. The summed E-state index contributed by atoms with van der Waals surface area (Å²) in [6.45, 7) is 4.05. The molecule has 94 valence electrons. The Morgan fingerprint density at radius 2 is 2.47 bits per heavy atom. The molecule has 0 saturated carbocycles. The quantitative estimate of drug-likeness (QED) is 0.853. The first-order valence-electron chi connectivity index (χ1n) is 6.11. The van der Waals surface area contributed by atoms with Gasteiger partial charge < -0.3 is 10.6 Å². The molecule has 1 atom stereocenters. The van der Waals surface area contributed by atoms with Gasteiger partial charge in [-0.15, -0.1) is 10.2 Å². The number of anilines is 1. The van der Waals surface area contributed by atoms with Gasteiger partial charge in [-0.2, -0.15) is 0 Å². The number of hydrogen-bond donors (Lipinski definition) is 2. The second kappa shape index (κ2) is 6.07. The number of rotatable bonds is 4. The molecule has 2 heterocycles. The number of aromatic nitrogens is 2. The van der Waals surface area contributed by atoms with Crippen molar-refractivity contribution in [2.24, 2.45) is 5.92 Å². The molecule has 0 bridgehead atoms. The van der Waals surface area contributed by atoms with Crippen LogP contribution in [0.2, 0.25) is 0 Å². The Morgan fingerprint density at radius 3 is 3.12 bits per heavy atom. The molecule has 1 aliphatic rings. The van der Waals surface area contributed by atoms with Gasteiger partial charge in [-0.05, 0) is 38.3 Å². The molecule has 1 aromatic rings. The monoisotopic (exact) mass is 254 g/mol. The molecule has 0 aromatic carbocycles. The topological polar surface area (TPSA) is 66.9 Å². The van der Waals surface area contributed by atoms with Gasteiger partial charge in [0.2, 0.25) is 11.0 Å². The number of nitrogens with one attached hydrogen (secondary N) is 2. The molecule has 2 rings (SSSR count). The van der Waals surface area contributed by atoms with Gasteiger partial charge in [-0.3, -0.25) is 4.79 Å². The lowest BCUT2D eigenvalue weighted by molar-refractivity contribution is -0.117. The maximum atomic E-state index is 11.8. The molecule has 0 radical (unpaired) electrons. The summed E-state index contributed by atoms with van der Waals surface area (Å²) in [4.78, 5) is 11.8. The van der Waals surface area contributed by atoms with Crippen LogP contribution in [0.5, 0.6) is 0 Å². The molecule has 17 heavy (non-hydrogen) atoms. The van der Waals surface area contributed by atoms with E-state index in [1.54, 1.807) is 0 Å². The standard InChI is InChI=1S/C11H18N4OS/c1-2-10-14-15-11(17-10)13-9(16)6-8-4-3-5-12-7-8/h8,12H,2-7H2,1H3,(H,13,15,16). The first kappa shape index (κ1) is 12.4. The summed E-state index contributed by atoms with van der Waals surface area (Å²) in [6.07, 6.45) is 3.74. The van der Waals surface area contributed by atoms with Crippen molar-refractivity contribution < 1.29 is 4.79 Å². The number of carbonyl (C=O) groups excluding carboxylic acids is 1. The fraction of sp³-hybridized carbons (Fsp3) is 0.727. The van der Waals surface area contributed by atoms with Crippen LogP contribution in [0.25, 0.3) is 0 Å². The van der Waals surface area contributed by atoms with Gasteiger partial charge in [0, 0.05) is 6.42 Å². The second-order valence-corrected chi connectivity index (χ2v) is 5.38. The predicted molar refractivity (Wildman–Crippen MR) is 68.1 cm³/mol. The number of amides is 1. The zero-order valence-electron chi connectivity index (χ0n) is 10.0. The van der Waals surface area contributed by atoms with Crippen molar-refractivity contribution in [3.05, 3.63) is 5.01 Å². The molecule has 1 unspecified atom stereocenters. The first-order chi connectivity index (χ1) is 8.28. The van der Waals surface area contributed by atoms with Gasteiger partial charge in [0.25, 0.3) is 0 Å². The summed E-state index contributed by atoms with van der Waals surface area (Å²) >= 11 is 1.45. The van der Waals surface area contributed by atoms with Crippen LogP contribution >= 0.6 is 11.3 Å². The minimum atomic E-state index is 0.0532. The fourth-order valence-corrected chi connectivity index (χ4v) is 2.67. The van der Waals surface area contributed by atoms with Crippen molar-refractivity contribution >= 4 is 22.4 Å². The third kappa shape index (κ3) is 3.74. The SMILES string of the molecule is CCc1nnc(NC(=O)CC2CCCNC2)s1. The van der Waals surface area contributed by atoms with E-state index in [2.05, 4.69) is 20.8 Å². The summed E-state index contributed by atoms with van der Waals surface area (Å²) in [5.74, 6) is 0.514. The van der Waals surface area contributed by atoms with Crippen LogP contribution in [0, 0.1) is 5.92 Å². The fourth-order valence-electron chi connectivity index (χ4n) is 1.98. The third-order valence-corrected chi connectivity index (χ3v) is 3.87. The van der Waals surface area contributed by atoms with Crippen LogP contribution in [0.4, 0.5) is 5.13 Å². The van der Waals surface area contributed by atoms with Crippen molar-refractivity contribution in [2.45, 2.75) is 32.6 Å². The number of aryl methyl sites for hydroxylation is 1. The molecule has 1 fully saturated rings. The lowest BCUT2D eigenvalue weighted by atomic mass is 9.96. The summed E-state index contributed by atoms with van der Waals surface area (Å²) in [5, 5.41) is 15.6. The Balaban J connectivity index is 1.79. The molecule has 0 aliphatic carbocycles. The highest BCUT2D eigenvalue weighted by atomic mass is 32.1. The highest BCUT2D eigenvalue weighted by Crippen LogP contribution is 2.18. The van der Waals surface area contributed by atoms with Gasteiger partial charge in [-0.1, -0.05) is 18.3 Å². The zero-order valence-corrected chi connectivity index (χ0v) is 10.8. The van der Waals surface area contributed by atoms with E-state index in [-0.39, 0.29) is 5.91 Å². The Labute approximate surface area is 105 Å². The third-order valence-electron chi connectivity index (χ3n) is 2.89. The van der Waals surface area contributed by atoms with Crippen LogP contribution in [0.15, 0.2) is 0 Å². The van der Waals surface area contributed by atoms with Gasteiger partial charge in [0.15, 0.2) is 0 Å². The maximum absolute atomic E-state index is 11.8. The highest BCUT2D eigenvalue weighted by Gasteiger charge is 2.17. The Hall–Kier alpha value is -1.01. The van der Waals surface area contributed by atoms with E-state index in [0.29, 0.717) is 17.5 Å². The van der Waals surface area contributed by atoms with Gasteiger partial charge in [-0.25, -0.2) is 0 Å². The second-order valence-electron chi connectivity index (χ2n) is 4.32. The maximum Gasteiger partial charge on any atom is 0.226 e. The molecule has 1 aliphatic heterocycles. The van der Waals surface area contributed by atoms with E-state index in [0.717, 1.165) is 37.4 Å². The van der Waals surface area contributed by atoms with Crippen LogP contribution in [-0.4, -0.2) is 29.2 Å². The van der Waals surface area contributed by atoms with Crippen molar-refractivity contribution in [1.82, 2.24) is 15.5 Å². The highest BCUT2D eigenvalue weighted by molar-refractivity contribution is 7.15.